The Morgan fingerprint density at radius 1 is 1.32 bits per heavy atom. The molecule has 3 aromatic heterocycles. The number of hydrogen-bond acceptors (Lipinski definition) is 8. The van der Waals surface area contributed by atoms with E-state index in [9.17, 15) is 10.1 Å². The molecule has 0 amide bonds. The van der Waals surface area contributed by atoms with Crippen LogP contribution in [0.25, 0.3) is 22.0 Å². The fraction of sp³-hybridized carbons (Fsp3) is 0.111. The second-order valence-corrected chi connectivity index (χ2v) is 7.69. The molecule has 0 spiro atoms. The molecule has 138 valence electrons. The van der Waals surface area contributed by atoms with E-state index in [1.165, 1.54) is 27.9 Å². The molecule has 0 aliphatic heterocycles. The number of aromatic nitrogens is 6. The molecule has 10 heteroatoms. The number of thiophene rings is 1. The Balaban J connectivity index is 1.59. The molecule has 0 fully saturated rings. The zero-order valence-corrected chi connectivity index (χ0v) is 16.3. The van der Waals surface area contributed by atoms with Crippen LogP contribution in [0.3, 0.4) is 0 Å². The first-order valence-corrected chi connectivity index (χ1v) is 10.0. The van der Waals surface area contributed by atoms with Gasteiger partial charge in [0.15, 0.2) is 5.16 Å². The van der Waals surface area contributed by atoms with E-state index in [2.05, 4.69) is 25.4 Å². The van der Waals surface area contributed by atoms with Gasteiger partial charge in [0.05, 0.1) is 11.9 Å². The largest absolute Gasteiger partial charge is 0.300 e. The van der Waals surface area contributed by atoms with E-state index in [1.807, 2.05) is 47.8 Å². The maximum absolute atomic E-state index is 12.3. The van der Waals surface area contributed by atoms with Gasteiger partial charge in [-0.1, -0.05) is 36.0 Å². The lowest BCUT2D eigenvalue weighted by molar-refractivity contribution is 0.630. The third-order valence-corrected chi connectivity index (χ3v) is 5.65. The molecule has 1 N–H and O–H groups in total. The molecule has 1 aromatic carbocycles. The van der Waals surface area contributed by atoms with Crippen molar-refractivity contribution < 1.29 is 0 Å². The molecular formula is C18H13N7OS2. The van der Waals surface area contributed by atoms with Crippen molar-refractivity contribution in [1.29, 1.82) is 5.26 Å². The van der Waals surface area contributed by atoms with E-state index in [4.69, 9.17) is 0 Å². The van der Waals surface area contributed by atoms with Crippen LogP contribution in [0.5, 0.6) is 0 Å². The number of rotatable bonds is 5. The molecule has 0 unspecified atom stereocenters. The van der Waals surface area contributed by atoms with E-state index in [1.54, 1.807) is 7.05 Å². The topological polar surface area (TPSA) is 113 Å². The maximum Gasteiger partial charge on any atom is 0.270 e. The molecule has 0 aliphatic carbocycles. The second-order valence-electron chi connectivity index (χ2n) is 5.78. The molecule has 0 radical (unpaired) electrons. The number of aromatic amines is 1. The molecule has 0 saturated heterocycles. The van der Waals surface area contributed by atoms with Crippen LogP contribution in [0.1, 0.15) is 11.1 Å². The monoisotopic (exact) mass is 407 g/mol. The minimum atomic E-state index is -0.430. The maximum atomic E-state index is 12.3. The molecule has 0 bridgehead atoms. The molecule has 8 nitrogen and oxygen atoms in total. The Kier molecular flexibility index (Phi) is 5.01. The number of H-pyrrole nitrogens is 1. The Bertz CT molecular complexity index is 1220. The van der Waals surface area contributed by atoms with Gasteiger partial charge in [-0.3, -0.25) is 4.79 Å². The van der Waals surface area contributed by atoms with Crippen LogP contribution in [0.2, 0.25) is 0 Å². The van der Waals surface area contributed by atoms with E-state index >= 15 is 0 Å². The molecule has 0 aliphatic rings. The Morgan fingerprint density at radius 2 is 2.21 bits per heavy atom. The number of tetrazole rings is 1. The summed E-state index contributed by atoms with van der Waals surface area (Å²) < 4.78 is 0. The second kappa shape index (κ2) is 7.75. The van der Waals surface area contributed by atoms with Crippen molar-refractivity contribution in [3.63, 3.8) is 0 Å². The first kappa shape index (κ1) is 18.1. The normalized spacial score (nSPS) is 10.7. The van der Waals surface area contributed by atoms with Gasteiger partial charge in [0, 0.05) is 11.3 Å². The average molecular weight is 407 g/mol. The summed E-state index contributed by atoms with van der Waals surface area (Å²) in [6.45, 7) is 0. The number of nitrogens with zero attached hydrogens (tertiary/aromatic N) is 6. The minimum absolute atomic E-state index is 0.0301. The summed E-state index contributed by atoms with van der Waals surface area (Å²) >= 11 is 2.84. The third kappa shape index (κ3) is 3.71. The number of benzene rings is 1. The van der Waals surface area contributed by atoms with Crippen LogP contribution < -0.4 is 5.56 Å². The van der Waals surface area contributed by atoms with Crippen molar-refractivity contribution in [3.8, 4) is 28.0 Å². The zero-order valence-electron chi connectivity index (χ0n) is 14.7. The van der Waals surface area contributed by atoms with E-state index < -0.39 is 5.56 Å². The van der Waals surface area contributed by atoms with E-state index in [0.29, 0.717) is 22.4 Å². The first-order valence-electron chi connectivity index (χ1n) is 8.18. The molecule has 0 saturated carbocycles. The summed E-state index contributed by atoms with van der Waals surface area (Å²) in [5.41, 5.74) is 1.91. The molecule has 4 rings (SSSR count). The lowest BCUT2D eigenvalue weighted by atomic mass is 10.1. The van der Waals surface area contributed by atoms with Crippen LogP contribution >= 0.6 is 23.1 Å². The summed E-state index contributed by atoms with van der Waals surface area (Å²) in [5, 5.41) is 23.7. The van der Waals surface area contributed by atoms with E-state index in [0.717, 1.165) is 16.0 Å². The Morgan fingerprint density at radius 3 is 2.93 bits per heavy atom. The number of nitrogens with one attached hydrogen (secondary N) is 1. The van der Waals surface area contributed by atoms with Gasteiger partial charge < -0.3 is 4.98 Å². The Hall–Kier alpha value is -3.29. The molecular weight excluding hydrogens is 394 g/mol. The number of hydrogen-bond donors (Lipinski definition) is 1. The van der Waals surface area contributed by atoms with E-state index in [-0.39, 0.29) is 5.56 Å². The number of nitriles is 1. The molecule has 3 heterocycles. The predicted molar refractivity (Wildman–Crippen MR) is 107 cm³/mol. The smallest absolute Gasteiger partial charge is 0.270 e. The fourth-order valence-electron chi connectivity index (χ4n) is 2.57. The van der Waals surface area contributed by atoms with Crippen LogP contribution in [0, 0.1) is 11.3 Å². The SMILES string of the molecule is Cn1nnc(-c2cccc(CSc3nc(-c4cccs4)c(C#N)c(=O)[nH]3)c2)n1. The van der Waals surface area contributed by atoms with Gasteiger partial charge in [0.2, 0.25) is 5.82 Å². The summed E-state index contributed by atoms with van der Waals surface area (Å²) in [6.07, 6.45) is 0. The van der Waals surface area contributed by atoms with Crippen LogP contribution in [0.15, 0.2) is 51.7 Å². The van der Waals surface area contributed by atoms with Crippen LogP contribution in [-0.4, -0.2) is 30.2 Å². The summed E-state index contributed by atoms with van der Waals surface area (Å²) in [5.74, 6) is 1.14. The van der Waals surface area contributed by atoms with Crippen molar-refractivity contribution in [2.75, 3.05) is 0 Å². The predicted octanol–water partition coefficient (Wildman–Crippen LogP) is 2.85. The third-order valence-electron chi connectivity index (χ3n) is 3.83. The van der Waals surface area contributed by atoms with Crippen molar-refractivity contribution in [3.05, 3.63) is 63.3 Å². The van der Waals surface area contributed by atoms with Gasteiger partial charge in [-0.2, -0.15) is 10.1 Å². The number of thioether (sulfide) groups is 1. The summed E-state index contributed by atoms with van der Waals surface area (Å²) in [7, 11) is 1.72. The van der Waals surface area contributed by atoms with Crippen molar-refractivity contribution in [1.82, 2.24) is 30.2 Å². The summed E-state index contributed by atoms with van der Waals surface area (Å²) in [4.78, 5) is 21.7. The van der Waals surface area contributed by atoms with Gasteiger partial charge in [-0.05, 0) is 28.3 Å². The van der Waals surface area contributed by atoms with Gasteiger partial charge in [0.25, 0.3) is 5.56 Å². The molecule has 0 atom stereocenters. The van der Waals surface area contributed by atoms with Gasteiger partial charge >= 0.3 is 0 Å². The van der Waals surface area contributed by atoms with Crippen LogP contribution in [-0.2, 0) is 12.8 Å². The van der Waals surface area contributed by atoms with Crippen molar-refractivity contribution in [2.45, 2.75) is 10.9 Å². The molecule has 4 aromatic rings. The highest BCUT2D eigenvalue weighted by atomic mass is 32.2. The lowest BCUT2D eigenvalue weighted by Gasteiger charge is -2.06. The van der Waals surface area contributed by atoms with Crippen molar-refractivity contribution >= 4 is 23.1 Å². The van der Waals surface area contributed by atoms with Gasteiger partial charge in [0.1, 0.15) is 17.3 Å². The highest BCUT2D eigenvalue weighted by Crippen LogP contribution is 2.27. The fourth-order valence-corrected chi connectivity index (χ4v) is 4.09. The standard InChI is InChI=1S/C18H13N7OS2/c1-25-23-16(22-24-25)12-5-2-4-11(8-12)10-28-18-20-15(14-6-3-7-27-14)13(9-19)17(26)21-18/h2-8H,10H2,1H3,(H,20,21,26). The molecule has 28 heavy (non-hydrogen) atoms. The quantitative estimate of drug-likeness (QED) is 0.400. The first-order chi connectivity index (χ1) is 13.6. The highest BCUT2D eigenvalue weighted by Gasteiger charge is 2.14. The van der Waals surface area contributed by atoms with Gasteiger partial charge in [-0.25, -0.2) is 4.98 Å². The lowest BCUT2D eigenvalue weighted by Crippen LogP contribution is -2.14. The average Bonchev–Trinajstić information content (AvgIpc) is 3.38. The Labute approximate surface area is 167 Å². The summed E-state index contributed by atoms with van der Waals surface area (Å²) in [6, 6.07) is 13.5. The van der Waals surface area contributed by atoms with Crippen LogP contribution in [0.4, 0.5) is 0 Å². The zero-order chi connectivity index (χ0) is 19.5. The van der Waals surface area contributed by atoms with Gasteiger partial charge in [-0.15, -0.1) is 21.5 Å². The minimum Gasteiger partial charge on any atom is -0.300 e. The number of aryl methyl sites for hydroxylation is 1. The van der Waals surface area contributed by atoms with Crippen molar-refractivity contribution in [2.24, 2.45) is 7.05 Å². The highest BCUT2D eigenvalue weighted by molar-refractivity contribution is 7.98.